The maximum atomic E-state index is 5.24. The summed E-state index contributed by atoms with van der Waals surface area (Å²) in [5.41, 5.74) is 2.70. The van der Waals surface area contributed by atoms with Crippen LogP contribution < -0.4 is 4.74 Å². The molecule has 1 aliphatic carbocycles. The minimum absolute atomic E-state index is 0.163. The molecule has 1 nitrogen and oxygen atoms in total. The van der Waals surface area contributed by atoms with Gasteiger partial charge >= 0.3 is 0 Å². The summed E-state index contributed by atoms with van der Waals surface area (Å²) in [5.74, 6) is 1.82. The highest BCUT2D eigenvalue weighted by molar-refractivity contribution is 5.43. The van der Waals surface area contributed by atoms with Crippen molar-refractivity contribution in [3.05, 3.63) is 48.9 Å². The zero-order valence-corrected chi connectivity index (χ0v) is 9.20. The van der Waals surface area contributed by atoms with Gasteiger partial charge in [0.1, 0.15) is 5.75 Å². The van der Waals surface area contributed by atoms with Gasteiger partial charge in [0.05, 0.1) is 7.11 Å². The average Bonchev–Trinajstić information content (AvgIpc) is 3.11. The Morgan fingerprint density at radius 2 is 2.20 bits per heavy atom. The molecule has 1 aliphatic rings. The summed E-state index contributed by atoms with van der Waals surface area (Å²) in [4.78, 5) is 0. The van der Waals surface area contributed by atoms with E-state index in [1.807, 2.05) is 12.1 Å². The highest BCUT2D eigenvalue weighted by Crippen LogP contribution is 2.44. The van der Waals surface area contributed by atoms with Crippen LogP contribution in [0, 0.1) is 6.92 Å². The summed E-state index contributed by atoms with van der Waals surface area (Å²) in [6, 6.07) is 6.30. The third-order valence-corrected chi connectivity index (χ3v) is 3.00. The smallest absolute Gasteiger partial charge is 0.119 e. The zero-order chi connectivity index (χ0) is 10.8. The monoisotopic (exact) mass is 201 g/mol. The summed E-state index contributed by atoms with van der Waals surface area (Å²) >= 11 is 0. The zero-order valence-electron chi connectivity index (χ0n) is 9.20. The molecule has 0 heterocycles. The number of ether oxygens (including phenoxy) is 1. The maximum Gasteiger partial charge on any atom is 0.119 e. The molecule has 0 bridgehead atoms. The van der Waals surface area contributed by atoms with Crippen molar-refractivity contribution in [2.24, 2.45) is 0 Å². The van der Waals surface area contributed by atoms with E-state index in [1.165, 1.54) is 24.0 Å². The van der Waals surface area contributed by atoms with Gasteiger partial charge in [-0.15, -0.1) is 6.58 Å². The lowest BCUT2D eigenvalue weighted by Gasteiger charge is -2.14. The molecule has 0 aromatic heterocycles. The van der Waals surface area contributed by atoms with Crippen molar-refractivity contribution in [1.82, 2.24) is 0 Å². The molecule has 2 rings (SSSR count). The van der Waals surface area contributed by atoms with Gasteiger partial charge in [-0.05, 0) is 48.9 Å². The number of hydrogen-bond acceptors (Lipinski definition) is 1. The van der Waals surface area contributed by atoms with E-state index in [4.69, 9.17) is 4.74 Å². The highest BCUT2D eigenvalue weighted by atomic mass is 16.5. The van der Waals surface area contributed by atoms with Crippen LogP contribution in [0.1, 0.15) is 35.8 Å². The van der Waals surface area contributed by atoms with Crippen molar-refractivity contribution >= 4 is 0 Å². The fourth-order valence-electron chi connectivity index (χ4n) is 1.89. The molecule has 1 aromatic carbocycles. The fraction of sp³-hybridized carbons (Fsp3) is 0.357. The Balaban J connectivity index is 2.40. The van der Waals surface area contributed by atoms with Crippen LogP contribution in [0.15, 0.2) is 30.9 Å². The average molecular weight is 201 g/mol. The quantitative estimate of drug-likeness (QED) is 0.675. The number of allylic oxidation sites excluding steroid dienone is 1. The molecular formula is C14H17O. The van der Waals surface area contributed by atoms with Gasteiger partial charge in [-0.2, -0.15) is 0 Å². The van der Waals surface area contributed by atoms with Crippen molar-refractivity contribution in [3.63, 3.8) is 0 Å². The molecule has 1 saturated carbocycles. The Hall–Kier alpha value is -1.24. The van der Waals surface area contributed by atoms with E-state index in [-0.39, 0.29) is 5.92 Å². The summed E-state index contributed by atoms with van der Waals surface area (Å²) in [6.45, 7) is 7.91. The predicted molar refractivity (Wildman–Crippen MR) is 63.3 cm³/mol. The second-order valence-electron chi connectivity index (χ2n) is 4.11. The van der Waals surface area contributed by atoms with E-state index < -0.39 is 0 Å². The molecule has 1 heteroatoms. The van der Waals surface area contributed by atoms with Crippen LogP contribution in [0.4, 0.5) is 0 Å². The lowest BCUT2D eigenvalue weighted by Crippen LogP contribution is -1.97. The van der Waals surface area contributed by atoms with E-state index >= 15 is 0 Å². The lowest BCUT2D eigenvalue weighted by atomic mass is 9.93. The van der Waals surface area contributed by atoms with Gasteiger partial charge in [0.25, 0.3) is 0 Å². The molecular weight excluding hydrogens is 184 g/mol. The Morgan fingerprint density at radius 1 is 1.47 bits per heavy atom. The van der Waals surface area contributed by atoms with Gasteiger partial charge in [-0.1, -0.05) is 12.1 Å². The van der Waals surface area contributed by atoms with Crippen molar-refractivity contribution in [3.8, 4) is 5.75 Å². The van der Waals surface area contributed by atoms with Crippen LogP contribution in [0.25, 0.3) is 0 Å². The van der Waals surface area contributed by atoms with Crippen molar-refractivity contribution in [2.45, 2.75) is 24.7 Å². The summed E-state index contributed by atoms with van der Waals surface area (Å²) in [6.07, 6.45) is 4.51. The Morgan fingerprint density at radius 3 is 2.73 bits per heavy atom. The Bertz CT molecular complexity index is 364. The highest BCUT2D eigenvalue weighted by Gasteiger charge is 2.27. The topological polar surface area (TPSA) is 9.23 Å². The summed E-state index contributed by atoms with van der Waals surface area (Å²) in [5, 5.41) is 0. The van der Waals surface area contributed by atoms with Gasteiger partial charge in [-0.3, -0.25) is 0 Å². The first-order valence-corrected chi connectivity index (χ1v) is 5.39. The molecule has 15 heavy (non-hydrogen) atoms. The van der Waals surface area contributed by atoms with Gasteiger partial charge in [0.15, 0.2) is 0 Å². The molecule has 1 aromatic rings. The molecule has 0 amide bonds. The first kappa shape index (κ1) is 10.3. The molecule has 0 N–H and O–H groups in total. The lowest BCUT2D eigenvalue weighted by molar-refractivity contribution is 0.414. The van der Waals surface area contributed by atoms with E-state index in [2.05, 4.69) is 25.6 Å². The standard InChI is InChI=1S/C14H17O/c1-4-10(2)14-9-12(15-3)7-8-13(14)11-5-6-11/h4,7-11H,1-2,5-6H2,3H3. The van der Waals surface area contributed by atoms with Crippen LogP contribution in [0.2, 0.25) is 0 Å². The second-order valence-corrected chi connectivity index (χ2v) is 4.11. The van der Waals surface area contributed by atoms with Crippen LogP contribution in [0.5, 0.6) is 5.75 Å². The number of benzene rings is 1. The van der Waals surface area contributed by atoms with Gasteiger partial charge < -0.3 is 4.74 Å². The Labute approximate surface area is 91.8 Å². The SMILES string of the molecule is [CH2]C(C=C)c1cc(OC)ccc1C1CC1. The Kier molecular flexibility index (Phi) is 2.81. The number of methoxy groups -OCH3 is 1. The summed E-state index contributed by atoms with van der Waals surface area (Å²) < 4.78 is 5.24. The van der Waals surface area contributed by atoms with Crippen LogP contribution in [-0.2, 0) is 0 Å². The van der Waals surface area contributed by atoms with Crippen molar-refractivity contribution < 1.29 is 4.74 Å². The second kappa shape index (κ2) is 4.09. The molecule has 0 aliphatic heterocycles. The van der Waals surface area contributed by atoms with Gasteiger partial charge in [0.2, 0.25) is 0 Å². The minimum Gasteiger partial charge on any atom is -0.497 e. The van der Waals surface area contributed by atoms with Crippen LogP contribution >= 0.6 is 0 Å². The molecule has 1 unspecified atom stereocenters. The normalized spacial score (nSPS) is 17.2. The maximum absolute atomic E-state index is 5.24. The molecule has 1 fully saturated rings. The number of rotatable bonds is 4. The van der Waals surface area contributed by atoms with Crippen LogP contribution in [-0.4, -0.2) is 7.11 Å². The molecule has 1 atom stereocenters. The van der Waals surface area contributed by atoms with E-state index in [1.54, 1.807) is 7.11 Å². The number of hydrogen-bond donors (Lipinski definition) is 0. The van der Waals surface area contributed by atoms with Crippen LogP contribution in [0.3, 0.4) is 0 Å². The molecule has 1 radical (unpaired) electrons. The van der Waals surface area contributed by atoms with E-state index in [9.17, 15) is 0 Å². The molecule has 0 saturated heterocycles. The fourth-order valence-corrected chi connectivity index (χ4v) is 1.89. The van der Waals surface area contributed by atoms with Crippen molar-refractivity contribution in [2.75, 3.05) is 7.11 Å². The first-order chi connectivity index (χ1) is 7.26. The van der Waals surface area contributed by atoms with Gasteiger partial charge in [-0.25, -0.2) is 0 Å². The van der Waals surface area contributed by atoms with E-state index in [0.29, 0.717) is 0 Å². The van der Waals surface area contributed by atoms with Gasteiger partial charge in [0, 0.05) is 5.92 Å². The molecule has 79 valence electrons. The third-order valence-electron chi connectivity index (χ3n) is 3.00. The van der Waals surface area contributed by atoms with Crippen molar-refractivity contribution in [1.29, 1.82) is 0 Å². The van der Waals surface area contributed by atoms with E-state index in [0.717, 1.165) is 11.7 Å². The predicted octanol–water partition coefficient (Wildman–Crippen LogP) is 3.68. The molecule has 0 spiro atoms. The minimum atomic E-state index is 0.163. The summed E-state index contributed by atoms with van der Waals surface area (Å²) in [7, 11) is 1.70. The third kappa shape index (κ3) is 2.06. The largest absolute Gasteiger partial charge is 0.497 e. The first-order valence-electron chi connectivity index (χ1n) is 5.39.